The minimum absolute atomic E-state index is 0.00364. The second kappa shape index (κ2) is 7.36. The van der Waals surface area contributed by atoms with Gasteiger partial charge >= 0.3 is 0 Å². The van der Waals surface area contributed by atoms with Crippen molar-refractivity contribution in [3.63, 3.8) is 0 Å². The Balaban J connectivity index is 1.98. The van der Waals surface area contributed by atoms with Gasteiger partial charge in [-0.3, -0.25) is 9.59 Å². The first kappa shape index (κ1) is 15.7. The average molecular weight is 300 g/mol. The molecule has 0 aliphatic rings. The molecule has 0 spiro atoms. The topological polar surface area (TPSA) is 72.2 Å². The number of primary amides is 1. The fourth-order valence-corrected chi connectivity index (χ4v) is 2.15. The van der Waals surface area contributed by atoms with Gasteiger partial charge in [0.25, 0.3) is 0 Å². The lowest BCUT2D eigenvalue weighted by Crippen LogP contribution is -2.46. The molecule has 0 radical (unpaired) electrons. The summed E-state index contributed by atoms with van der Waals surface area (Å²) >= 11 is 0. The Morgan fingerprint density at radius 3 is 2.36 bits per heavy atom. The van der Waals surface area contributed by atoms with Gasteiger partial charge in [-0.1, -0.05) is 42.5 Å². The summed E-state index contributed by atoms with van der Waals surface area (Å²) in [5.41, 5.74) is 6.78. The van der Waals surface area contributed by atoms with Gasteiger partial charge in [-0.25, -0.2) is 4.39 Å². The van der Waals surface area contributed by atoms with E-state index in [0.29, 0.717) is 12.0 Å². The van der Waals surface area contributed by atoms with Crippen molar-refractivity contribution in [2.24, 2.45) is 5.73 Å². The van der Waals surface area contributed by atoms with E-state index < -0.39 is 17.8 Å². The third kappa shape index (κ3) is 4.70. The van der Waals surface area contributed by atoms with Gasteiger partial charge in [-0.05, 0) is 23.3 Å². The highest BCUT2D eigenvalue weighted by Gasteiger charge is 2.18. The molecule has 2 amide bonds. The summed E-state index contributed by atoms with van der Waals surface area (Å²) < 4.78 is 13.1. The maximum atomic E-state index is 13.1. The molecule has 0 saturated carbocycles. The van der Waals surface area contributed by atoms with Crippen LogP contribution in [-0.4, -0.2) is 17.9 Å². The van der Waals surface area contributed by atoms with E-state index in [0.717, 1.165) is 5.56 Å². The van der Waals surface area contributed by atoms with Crippen molar-refractivity contribution in [2.75, 3.05) is 0 Å². The molecule has 0 aliphatic carbocycles. The van der Waals surface area contributed by atoms with Crippen LogP contribution in [-0.2, 0) is 22.4 Å². The Bertz CT molecular complexity index is 659. The van der Waals surface area contributed by atoms with Crippen LogP contribution in [0.25, 0.3) is 0 Å². The molecule has 0 aromatic heterocycles. The molecule has 0 heterocycles. The number of carbonyl (C=O) groups is 2. The van der Waals surface area contributed by atoms with Crippen LogP contribution in [0.5, 0.6) is 0 Å². The van der Waals surface area contributed by atoms with Crippen LogP contribution in [0, 0.1) is 5.82 Å². The smallest absolute Gasteiger partial charge is 0.240 e. The molecule has 4 nitrogen and oxygen atoms in total. The molecular formula is C17H17FN2O2. The van der Waals surface area contributed by atoms with E-state index in [2.05, 4.69) is 5.32 Å². The van der Waals surface area contributed by atoms with Crippen molar-refractivity contribution >= 4 is 11.8 Å². The summed E-state index contributed by atoms with van der Waals surface area (Å²) in [6.45, 7) is 0. The van der Waals surface area contributed by atoms with E-state index >= 15 is 0 Å². The highest BCUT2D eigenvalue weighted by atomic mass is 19.1. The first-order chi connectivity index (χ1) is 10.5. The maximum Gasteiger partial charge on any atom is 0.240 e. The van der Waals surface area contributed by atoms with Gasteiger partial charge in [0.2, 0.25) is 11.8 Å². The van der Waals surface area contributed by atoms with Crippen molar-refractivity contribution in [3.8, 4) is 0 Å². The highest BCUT2D eigenvalue weighted by molar-refractivity contribution is 5.87. The van der Waals surface area contributed by atoms with Crippen molar-refractivity contribution in [1.29, 1.82) is 0 Å². The van der Waals surface area contributed by atoms with Gasteiger partial charge in [-0.2, -0.15) is 0 Å². The standard InChI is InChI=1S/C17H17FN2O2/c18-14-8-4-7-13(9-14)11-16(21)20-15(17(19)22)10-12-5-2-1-3-6-12/h1-9,15H,10-11H2,(H2,19,22)(H,20,21)/t15-/m1/s1. The van der Waals surface area contributed by atoms with Crippen LogP contribution >= 0.6 is 0 Å². The molecule has 22 heavy (non-hydrogen) atoms. The van der Waals surface area contributed by atoms with E-state index in [1.165, 1.54) is 18.2 Å². The minimum atomic E-state index is -0.788. The van der Waals surface area contributed by atoms with E-state index in [1.54, 1.807) is 6.07 Å². The Labute approximate surface area is 128 Å². The maximum absolute atomic E-state index is 13.1. The van der Waals surface area contributed by atoms with Crippen molar-refractivity contribution in [2.45, 2.75) is 18.9 Å². The van der Waals surface area contributed by atoms with Gasteiger partial charge in [0, 0.05) is 6.42 Å². The van der Waals surface area contributed by atoms with Gasteiger partial charge in [0.15, 0.2) is 0 Å². The number of halogens is 1. The number of hydrogen-bond acceptors (Lipinski definition) is 2. The molecule has 1 atom stereocenters. The lowest BCUT2D eigenvalue weighted by Gasteiger charge is -2.15. The number of amides is 2. The minimum Gasteiger partial charge on any atom is -0.368 e. The summed E-state index contributed by atoms with van der Waals surface area (Å²) in [5, 5.41) is 2.60. The summed E-state index contributed by atoms with van der Waals surface area (Å²) in [5.74, 6) is -1.37. The summed E-state index contributed by atoms with van der Waals surface area (Å²) in [6.07, 6.45) is 0.321. The summed E-state index contributed by atoms with van der Waals surface area (Å²) in [7, 11) is 0. The molecule has 2 aromatic carbocycles. The Hall–Kier alpha value is -2.69. The van der Waals surface area contributed by atoms with E-state index in [-0.39, 0.29) is 12.3 Å². The van der Waals surface area contributed by atoms with Gasteiger partial charge in [0.1, 0.15) is 11.9 Å². The quantitative estimate of drug-likeness (QED) is 0.850. The molecule has 5 heteroatoms. The number of nitrogens with one attached hydrogen (secondary N) is 1. The Morgan fingerprint density at radius 2 is 1.73 bits per heavy atom. The lowest BCUT2D eigenvalue weighted by atomic mass is 10.0. The van der Waals surface area contributed by atoms with Gasteiger partial charge in [0.05, 0.1) is 6.42 Å². The largest absolute Gasteiger partial charge is 0.368 e. The molecule has 0 saturated heterocycles. The van der Waals surface area contributed by atoms with Crippen LogP contribution in [0.2, 0.25) is 0 Å². The molecule has 0 unspecified atom stereocenters. The zero-order valence-electron chi connectivity index (χ0n) is 12.0. The second-order valence-corrected chi connectivity index (χ2v) is 5.02. The third-order valence-corrected chi connectivity index (χ3v) is 3.22. The molecule has 2 aromatic rings. The highest BCUT2D eigenvalue weighted by Crippen LogP contribution is 2.06. The zero-order chi connectivity index (χ0) is 15.9. The fourth-order valence-electron chi connectivity index (χ4n) is 2.15. The molecular weight excluding hydrogens is 283 g/mol. The number of benzene rings is 2. The number of hydrogen-bond donors (Lipinski definition) is 2. The Morgan fingerprint density at radius 1 is 1.05 bits per heavy atom. The van der Waals surface area contributed by atoms with Crippen LogP contribution < -0.4 is 11.1 Å². The zero-order valence-corrected chi connectivity index (χ0v) is 12.0. The van der Waals surface area contributed by atoms with Crippen LogP contribution in [0.15, 0.2) is 54.6 Å². The molecule has 0 aliphatic heterocycles. The second-order valence-electron chi connectivity index (χ2n) is 5.02. The molecule has 2 rings (SSSR count). The van der Waals surface area contributed by atoms with Crippen LogP contribution in [0.3, 0.4) is 0 Å². The fraction of sp³-hybridized carbons (Fsp3) is 0.176. The molecule has 3 N–H and O–H groups in total. The summed E-state index contributed by atoms with van der Waals surface area (Å²) in [6, 6.07) is 14.3. The van der Waals surface area contributed by atoms with E-state index in [4.69, 9.17) is 5.73 Å². The molecule has 0 fully saturated rings. The van der Waals surface area contributed by atoms with Crippen LogP contribution in [0.4, 0.5) is 4.39 Å². The Kier molecular flexibility index (Phi) is 5.25. The molecule has 114 valence electrons. The molecule has 0 bridgehead atoms. The monoisotopic (exact) mass is 300 g/mol. The normalized spacial score (nSPS) is 11.7. The lowest BCUT2D eigenvalue weighted by molar-refractivity contribution is -0.127. The van der Waals surface area contributed by atoms with Gasteiger partial charge in [-0.15, -0.1) is 0 Å². The third-order valence-electron chi connectivity index (χ3n) is 3.22. The van der Waals surface area contributed by atoms with E-state index in [1.807, 2.05) is 30.3 Å². The van der Waals surface area contributed by atoms with Crippen molar-refractivity contribution in [1.82, 2.24) is 5.32 Å². The number of carbonyl (C=O) groups excluding carboxylic acids is 2. The van der Waals surface area contributed by atoms with Crippen LogP contribution in [0.1, 0.15) is 11.1 Å². The first-order valence-corrected chi connectivity index (χ1v) is 6.91. The van der Waals surface area contributed by atoms with E-state index in [9.17, 15) is 14.0 Å². The number of nitrogens with two attached hydrogens (primary N) is 1. The summed E-state index contributed by atoms with van der Waals surface area (Å²) in [4.78, 5) is 23.5. The van der Waals surface area contributed by atoms with Crippen molar-refractivity contribution < 1.29 is 14.0 Å². The van der Waals surface area contributed by atoms with Gasteiger partial charge < -0.3 is 11.1 Å². The SMILES string of the molecule is NC(=O)[C@@H](Cc1ccccc1)NC(=O)Cc1cccc(F)c1. The predicted molar refractivity (Wildman–Crippen MR) is 81.4 cm³/mol. The average Bonchev–Trinajstić information content (AvgIpc) is 2.47. The van der Waals surface area contributed by atoms with Crippen molar-refractivity contribution in [3.05, 3.63) is 71.5 Å². The number of rotatable bonds is 6. The first-order valence-electron chi connectivity index (χ1n) is 6.91. The predicted octanol–water partition coefficient (Wildman–Crippen LogP) is 1.58.